The SMILES string of the molecule is CCC=CCC=CCC=CCC=CCC=CCCCC(=O)N1C(=O)[C@H](C)C[C@@](C)(O)[C@H](O)[C@@H](C)[C@@H](O)[C@H](C)CO[C@H](CC)[C@@](C)(O)[C@H](O)[C@H]1C. The van der Waals surface area contributed by atoms with Crippen LogP contribution in [0.15, 0.2) is 60.8 Å². The van der Waals surface area contributed by atoms with Crippen LogP contribution in [0.25, 0.3) is 0 Å². The molecule has 9 nitrogen and oxygen atoms in total. The first kappa shape index (κ1) is 45.6. The summed E-state index contributed by atoms with van der Waals surface area (Å²) in [5, 5.41) is 56.4. The number of hydrogen-bond donors (Lipinski definition) is 5. The fourth-order valence-corrected chi connectivity index (χ4v) is 6.63. The molecule has 10 atom stereocenters. The minimum Gasteiger partial charge on any atom is -0.392 e. The van der Waals surface area contributed by atoms with E-state index in [9.17, 15) is 35.1 Å². The largest absolute Gasteiger partial charge is 0.392 e. The van der Waals surface area contributed by atoms with E-state index in [1.54, 1.807) is 27.7 Å². The Kier molecular flexibility index (Phi) is 21.2. The molecule has 1 aliphatic heterocycles. The third-order valence-corrected chi connectivity index (χ3v) is 9.87. The fraction of sp³-hybridized carbons (Fsp3) is 0.707. The summed E-state index contributed by atoms with van der Waals surface area (Å²) in [6.45, 7) is 13.2. The van der Waals surface area contributed by atoms with Crippen LogP contribution >= 0.6 is 0 Å². The van der Waals surface area contributed by atoms with Gasteiger partial charge in [0.05, 0.1) is 36.6 Å². The number of amides is 2. The molecule has 0 spiro atoms. The number of nitrogens with zero attached hydrogens (tertiary/aromatic N) is 1. The van der Waals surface area contributed by atoms with E-state index in [2.05, 4.69) is 55.5 Å². The predicted molar refractivity (Wildman–Crippen MR) is 201 cm³/mol. The number of carbonyl (C=O) groups excluding carboxylic acids is 2. The Bertz CT molecular complexity index is 1140. The second-order valence-electron chi connectivity index (χ2n) is 14.6. The molecule has 2 amide bonds. The molecular formula is C41H69NO8. The molecule has 0 aromatic heterocycles. The Hall–Kier alpha value is -2.40. The molecule has 0 aromatic rings. The number of hydrogen-bond acceptors (Lipinski definition) is 8. The average molecular weight is 704 g/mol. The third kappa shape index (κ3) is 14.7. The normalized spacial score (nSPS) is 34.4. The number of imide groups is 1. The van der Waals surface area contributed by atoms with Crippen LogP contribution in [0.4, 0.5) is 0 Å². The predicted octanol–water partition coefficient (Wildman–Crippen LogP) is 6.34. The van der Waals surface area contributed by atoms with Crippen molar-refractivity contribution in [2.24, 2.45) is 17.8 Å². The lowest BCUT2D eigenvalue weighted by Gasteiger charge is -2.42. The summed E-state index contributed by atoms with van der Waals surface area (Å²) in [5.74, 6) is -3.27. The maximum atomic E-state index is 13.9. The lowest BCUT2D eigenvalue weighted by atomic mass is 9.78. The van der Waals surface area contributed by atoms with Crippen molar-refractivity contribution >= 4 is 11.8 Å². The molecule has 0 aromatic carbocycles. The van der Waals surface area contributed by atoms with Gasteiger partial charge in [-0.25, -0.2) is 0 Å². The van der Waals surface area contributed by atoms with E-state index >= 15 is 0 Å². The summed E-state index contributed by atoms with van der Waals surface area (Å²) in [4.78, 5) is 28.6. The molecule has 0 aliphatic carbocycles. The van der Waals surface area contributed by atoms with Crippen molar-refractivity contribution in [2.45, 2.75) is 161 Å². The van der Waals surface area contributed by atoms with Crippen LogP contribution in [0, 0.1) is 17.8 Å². The maximum Gasteiger partial charge on any atom is 0.232 e. The molecule has 1 saturated heterocycles. The van der Waals surface area contributed by atoms with E-state index in [-0.39, 0.29) is 19.4 Å². The maximum absolute atomic E-state index is 13.9. The van der Waals surface area contributed by atoms with Crippen LogP contribution in [0.5, 0.6) is 0 Å². The van der Waals surface area contributed by atoms with Crippen molar-refractivity contribution in [1.82, 2.24) is 4.90 Å². The van der Waals surface area contributed by atoms with Gasteiger partial charge >= 0.3 is 0 Å². The highest BCUT2D eigenvalue weighted by Crippen LogP contribution is 2.33. The molecule has 5 N–H and O–H groups in total. The Labute approximate surface area is 302 Å². The molecule has 1 fully saturated rings. The summed E-state index contributed by atoms with van der Waals surface area (Å²) >= 11 is 0. The highest BCUT2D eigenvalue weighted by molar-refractivity contribution is 5.96. The van der Waals surface area contributed by atoms with E-state index in [1.165, 1.54) is 20.8 Å². The number of aliphatic hydroxyl groups excluding tert-OH is 3. The van der Waals surface area contributed by atoms with Gasteiger partial charge in [0, 0.05) is 24.2 Å². The molecule has 1 aliphatic rings. The van der Waals surface area contributed by atoms with Crippen LogP contribution in [0.1, 0.15) is 120 Å². The van der Waals surface area contributed by atoms with Crippen molar-refractivity contribution in [2.75, 3.05) is 6.61 Å². The molecule has 0 saturated carbocycles. The number of aliphatic hydroxyl groups is 5. The molecule has 286 valence electrons. The molecule has 0 radical (unpaired) electrons. The molecule has 1 rings (SSSR count). The zero-order valence-corrected chi connectivity index (χ0v) is 32.1. The molecule has 0 unspecified atom stereocenters. The lowest BCUT2D eigenvalue weighted by Crippen LogP contribution is -2.61. The van der Waals surface area contributed by atoms with Gasteiger partial charge in [0.2, 0.25) is 11.8 Å². The fourth-order valence-electron chi connectivity index (χ4n) is 6.63. The molecule has 9 heteroatoms. The first-order chi connectivity index (χ1) is 23.5. The quantitative estimate of drug-likeness (QED) is 0.104. The number of allylic oxidation sites excluding steroid dienone is 10. The summed E-state index contributed by atoms with van der Waals surface area (Å²) in [6.07, 6.45) is 22.2. The van der Waals surface area contributed by atoms with Gasteiger partial charge < -0.3 is 30.3 Å². The van der Waals surface area contributed by atoms with E-state index in [0.29, 0.717) is 19.3 Å². The second-order valence-corrected chi connectivity index (χ2v) is 14.6. The van der Waals surface area contributed by atoms with Crippen molar-refractivity contribution in [1.29, 1.82) is 0 Å². The number of rotatable bonds is 14. The first-order valence-corrected chi connectivity index (χ1v) is 18.8. The van der Waals surface area contributed by atoms with Crippen LogP contribution < -0.4 is 0 Å². The Morgan fingerprint density at radius 1 is 0.820 bits per heavy atom. The number of unbranched alkanes of at least 4 members (excludes halogenated alkanes) is 1. The summed E-state index contributed by atoms with van der Waals surface area (Å²) < 4.78 is 6.01. The van der Waals surface area contributed by atoms with Crippen LogP contribution in [0.2, 0.25) is 0 Å². The van der Waals surface area contributed by atoms with Crippen molar-refractivity contribution in [3.05, 3.63) is 60.8 Å². The van der Waals surface area contributed by atoms with E-state index in [1.807, 2.05) is 12.2 Å². The van der Waals surface area contributed by atoms with Crippen LogP contribution in [0.3, 0.4) is 0 Å². The topological polar surface area (TPSA) is 148 Å². The smallest absolute Gasteiger partial charge is 0.232 e. The zero-order chi connectivity index (χ0) is 37.9. The van der Waals surface area contributed by atoms with Crippen molar-refractivity contribution in [3.8, 4) is 0 Å². The van der Waals surface area contributed by atoms with Crippen molar-refractivity contribution in [3.63, 3.8) is 0 Å². The Balaban J connectivity index is 2.97. The highest BCUT2D eigenvalue weighted by atomic mass is 16.5. The van der Waals surface area contributed by atoms with Crippen molar-refractivity contribution < 1.29 is 39.9 Å². The molecular weight excluding hydrogens is 634 g/mol. The third-order valence-electron chi connectivity index (χ3n) is 9.87. The molecule has 0 bridgehead atoms. The lowest BCUT2D eigenvalue weighted by molar-refractivity contribution is -0.185. The number of ether oxygens (including phenoxy) is 1. The van der Waals surface area contributed by atoms with Gasteiger partial charge in [0.15, 0.2) is 0 Å². The Morgan fingerprint density at radius 2 is 1.32 bits per heavy atom. The van der Waals surface area contributed by atoms with E-state index in [0.717, 1.165) is 37.0 Å². The minimum absolute atomic E-state index is 0.0178. The van der Waals surface area contributed by atoms with Crippen LogP contribution in [-0.4, -0.2) is 90.5 Å². The molecule has 1 heterocycles. The van der Waals surface area contributed by atoms with Gasteiger partial charge in [0.25, 0.3) is 0 Å². The monoisotopic (exact) mass is 704 g/mol. The Morgan fingerprint density at radius 3 is 1.82 bits per heavy atom. The van der Waals surface area contributed by atoms with Gasteiger partial charge in [-0.2, -0.15) is 0 Å². The average Bonchev–Trinajstić information content (AvgIpc) is 3.07. The minimum atomic E-state index is -1.84. The summed E-state index contributed by atoms with van der Waals surface area (Å²) in [5.41, 5.74) is -3.60. The second kappa shape index (κ2) is 23.2. The first-order valence-electron chi connectivity index (χ1n) is 18.8. The van der Waals surface area contributed by atoms with E-state index in [4.69, 9.17) is 4.74 Å². The van der Waals surface area contributed by atoms with Gasteiger partial charge in [-0.05, 0) is 78.6 Å². The molecule has 50 heavy (non-hydrogen) atoms. The highest BCUT2D eigenvalue weighted by Gasteiger charge is 2.48. The summed E-state index contributed by atoms with van der Waals surface area (Å²) in [6, 6.07) is -1.11. The van der Waals surface area contributed by atoms with Gasteiger partial charge in [-0.15, -0.1) is 0 Å². The number of carbonyl (C=O) groups is 2. The van der Waals surface area contributed by atoms with E-state index < -0.39 is 71.2 Å². The van der Waals surface area contributed by atoms with Crippen LogP contribution in [-0.2, 0) is 14.3 Å². The van der Waals surface area contributed by atoms with Gasteiger partial charge in [0.1, 0.15) is 11.7 Å². The zero-order valence-electron chi connectivity index (χ0n) is 32.1. The van der Waals surface area contributed by atoms with Gasteiger partial charge in [-0.1, -0.05) is 95.4 Å². The standard InChI is InChI=1S/C41H69NO8/c1-9-11-12-13-14-15-16-17-18-19-20-21-22-23-24-25-26-27-35(43)42-33(6)38(46)41(8,49)34(10-2)50-29-31(4)36(44)32(5)37(45)40(7,48)28-30(3)39(42)47/h11-12,14-15,17-18,20-21,23-24,30-34,36-38,44-46,48-49H,9-10,13,16,19,22,25-29H2,1-8H3/t30-,31-,32+,33-,34-,36+,37-,38-,40-,41-/m1/s1. The summed E-state index contributed by atoms with van der Waals surface area (Å²) in [7, 11) is 0. The van der Waals surface area contributed by atoms with Gasteiger partial charge in [-0.3, -0.25) is 14.5 Å².